The molecular weight excluding hydrogens is 310 g/mol. The number of nitrogens with zero attached hydrogens (tertiary/aromatic N) is 4. The van der Waals surface area contributed by atoms with Gasteiger partial charge in [-0.1, -0.05) is 17.5 Å². The summed E-state index contributed by atoms with van der Waals surface area (Å²) in [6.45, 7) is 4.60. The van der Waals surface area contributed by atoms with Gasteiger partial charge in [-0.25, -0.2) is 4.98 Å². The number of hydrogen-bond acceptors (Lipinski definition) is 6. The summed E-state index contributed by atoms with van der Waals surface area (Å²) in [7, 11) is 0. The van der Waals surface area contributed by atoms with Crippen molar-refractivity contribution in [2.24, 2.45) is 0 Å². The fourth-order valence-corrected chi connectivity index (χ4v) is 3.37. The Balaban J connectivity index is 1.57. The molecule has 6 nitrogen and oxygen atoms in total. The van der Waals surface area contributed by atoms with Crippen LogP contribution in [-0.4, -0.2) is 33.6 Å². The van der Waals surface area contributed by atoms with Gasteiger partial charge in [-0.3, -0.25) is 4.79 Å². The molecule has 0 aromatic carbocycles. The van der Waals surface area contributed by atoms with Gasteiger partial charge in [0.2, 0.25) is 0 Å². The van der Waals surface area contributed by atoms with E-state index in [1.807, 2.05) is 25.3 Å². The second-order valence-corrected chi connectivity index (χ2v) is 6.41. The maximum Gasteiger partial charge on any atom is 0.265 e. The summed E-state index contributed by atoms with van der Waals surface area (Å²) in [5, 5.41) is 6.88. The number of carbonyl (C=O) groups is 1. The normalized spacial score (nSPS) is 14.7. The van der Waals surface area contributed by atoms with Gasteiger partial charge in [-0.15, -0.1) is 5.10 Å². The lowest BCUT2D eigenvalue weighted by molar-refractivity contribution is 0.0954. The Hall–Kier alpha value is -2.02. The molecule has 2 aromatic rings. The summed E-state index contributed by atoms with van der Waals surface area (Å²) in [6.07, 6.45) is 6.35. The lowest BCUT2D eigenvalue weighted by Crippen LogP contribution is -2.30. The quantitative estimate of drug-likeness (QED) is 0.911. The number of piperidine rings is 1. The molecule has 0 atom stereocenters. The number of pyridine rings is 1. The average molecular weight is 331 g/mol. The first-order valence-electron chi connectivity index (χ1n) is 8.07. The number of rotatable bonds is 5. The highest BCUT2D eigenvalue weighted by atomic mass is 32.1. The van der Waals surface area contributed by atoms with Crippen LogP contribution in [-0.2, 0) is 13.0 Å². The molecule has 7 heteroatoms. The van der Waals surface area contributed by atoms with Crippen LogP contribution in [0, 0.1) is 0 Å². The van der Waals surface area contributed by atoms with E-state index in [9.17, 15) is 4.79 Å². The minimum absolute atomic E-state index is 0.114. The van der Waals surface area contributed by atoms with Crippen LogP contribution in [0.5, 0.6) is 0 Å². The van der Waals surface area contributed by atoms with Gasteiger partial charge in [0.25, 0.3) is 5.91 Å². The Kier molecular flexibility index (Phi) is 5.17. The minimum atomic E-state index is -0.114. The fraction of sp³-hybridized carbons (Fsp3) is 0.500. The van der Waals surface area contributed by atoms with E-state index in [1.165, 1.54) is 19.3 Å². The molecule has 1 amide bonds. The van der Waals surface area contributed by atoms with Gasteiger partial charge in [0.1, 0.15) is 10.7 Å². The summed E-state index contributed by atoms with van der Waals surface area (Å²) < 4.78 is 3.85. The van der Waals surface area contributed by atoms with Crippen LogP contribution in [0.2, 0.25) is 0 Å². The zero-order chi connectivity index (χ0) is 16.1. The largest absolute Gasteiger partial charge is 0.357 e. The van der Waals surface area contributed by atoms with E-state index in [1.54, 1.807) is 0 Å². The van der Waals surface area contributed by atoms with Crippen molar-refractivity contribution in [1.29, 1.82) is 0 Å². The van der Waals surface area contributed by atoms with Gasteiger partial charge in [-0.05, 0) is 48.8 Å². The molecule has 0 spiro atoms. The van der Waals surface area contributed by atoms with E-state index < -0.39 is 0 Å². The molecule has 0 aliphatic carbocycles. The third-order valence-corrected chi connectivity index (χ3v) is 4.81. The number of aromatic nitrogens is 3. The molecule has 0 radical (unpaired) electrons. The highest BCUT2D eigenvalue weighted by Crippen LogP contribution is 2.17. The number of amides is 1. The number of hydrogen-bond donors (Lipinski definition) is 1. The van der Waals surface area contributed by atoms with Gasteiger partial charge in [0.05, 0.1) is 5.69 Å². The molecule has 1 aliphatic rings. The third-order valence-electron chi connectivity index (χ3n) is 4.04. The summed E-state index contributed by atoms with van der Waals surface area (Å²) in [5.74, 6) is 0.914. The Morgan fingerprint density at radius 2 is 2.13 bits per heavy atom. The van der Waals surface area contributed by atoms with Crippen molar-refractivity contribution in [1.82, 2.24) is 19.9 Å². The Labute approximate surface area is 140 Å². The van der Waals surface area contributed by atoms with E-state index in [2.05, 4.69) is 24.8 Å². The van der Waals surface area contributed by atoms with Crippen molar-refractivity contribution in [2.45, 2.75) is 39.2 Å². The van der Waals surface area contributed by atoms with Crippen LogP contribution >= 0.6 is 11.5 Å². The van der Waals surface area contributed by atoms with Crippen LogP contribution in [0.15, 0.2) is 18.3 Å². The number of carbonyl (C=O) groups excluding carboxylic acids is 1. The first-order valence-corrected chi connectivity index (χ1v) is 8.84. The molecular formula is C16H21N5OS. The molecule has 0 saturated carbocycles. The van der Waals surface area contributed by atoms with E-state index in [-0.39, 0.29) is 5.91 Å². The Morgan fingerprint density at radius 3 is 2.83 bits per heavy atom. The first-order chi connectivity index (χ1) is 11.3. The van der Waals surface area contributed by atoms with E-state index in [0.29, 0.717) is 17.8 Å². The van der Waals surface area contributed by atoms with Crippen LogP contribution in [0.25, 0.3) is 0 Å². The fourth-order valence-electron chi connectivity index (χ4n) is 2.71. The molecule has 1 N–H and O–H groups in total. The molecule has 23 heavy (non-hydrogen) atoms. The molecule has 122 valence electrons. The maximum atomic E-state index is 12.2. The first kappa shape index (κ1) is 15.9. The minimum Gasteiger partial charge on any atom is -0.357 e. The summed E-state index contributed by atoms with van der Waals surface area (Å²) in [6, 6.07) is 4.07. The van der Waals surface area contributed by atoms with Crippen molar-refractivity contribution in [3.63, 3.8) is 0 Å². The smallest absolute Gasteiger partial charge is 0.265 e. The van der Waals surface area contributed by atoms with E-state index in [0.717, 1.165) is 41.7 Å². The predicted molar refractivity (Wildman–Crippen MR) is 90.8 cm³/mol. The average Bonchev–Trinajstić information content (AvgIpc) is 3.10. The molecule has 0 unspecified atom stereocenters. The molecule has 3 rings (SSSR count). The number of anilines is 1. The monoisotopic (exact) mass is 331 g/mol. The topological polar surface area (TPSA) is 71.0 Å². The second kappa shape index (κ2) is 7.50. The molecule has 1 fully saturated rings. The van der Waals surface area contributed by atoms with Gasteiger partial charge in [0, 0.05) is 25.8 Å². The standard InChI is InChI=1S/C16H21N5OS/c1-2-13-15(23-20-19-13)16(22)18-11-12-6-7-14(17-10-12)21-8-4-3-5-9-21/h6-7,10H,2-5,8-9,11H2,1H3,(H,18,22). The Morgan fingerprint density at radius 1 is 1.30 bits per heavy atom. The lowest BCUT2D eigenvalue weighted by Gasteiger charge is -2.27. The molecule has 1 aliphatic heterocycles. The van der Waals surface area contributed by atoms with Crippen molar-refractivity contribution < 1.29 is 4.79 Å². The van der Waals surface area contributed by atoms with Gasteiger partial charge >= 0.3 is 0 Å². The van der Waals surface area contributed by atoms with Gasteiger partial charge < -0.3 is 10.2 Å². The van der Waals surface area contributed by atoms with E-state index in [4.69, 9.17) is 0 Å². The van der Waals surface area contributed by atoms with Crippen molar-refractivity contribution in [2.75, 3.05) is 18.0 Å². The highest BCUT2D eigenvalue weighted by molar-refractivity contribution is 7.08. The van der Waals surface area contributed by atoms with Crippen LogP contribution in [0.3, 0.4) is 0 Å². The van der Waals surface area contributed by atoms with Crippen molar-refractivity contribution in [3.8, 4) is 0 Å². The van der Waals surface area contributed by atoms with E-state index >= 15 is 0 Å². The predicted octanol–water partition coefficient (Wildman–Crippen LogP) is 2.42. The van der Waals surface area contributed by atoms with Gasteiger partial charge in [0.15, 0.2) is 0 Å². The summed E-state index contributed by atoms with van der Waals surface area (Å²) in [4.78, 5) is 19.6. The molecule has 3 heterocycles. The van der Waals surface area contributed by atoms with Crippen molar-refractivity contribution in [3.05, 3.63) is 34.5 Å². The number of nitrogens with one attached hydrogen (secondary N) is 1. The SMILES string of the molecule is CCc1nnsc1C(=O)NCc1ccc(N2CCCCC2)nc1. The maximum absolute atomic E-state index is 12.2. The summed E-state index contributed by atoms with van der Waals surface area (Å²) >= 11 is 1.14. The van der Waals surface area contributed by atoms with Crippen LogP contribution < -0.4 is 10.2 Å². The van der Waals surface area contributed by atoms with Crippen LogP contribution in [0.1, 0.15) is 47.1 Å². The lowest BCUT2D eigenvalue weighted by atomic mass is 10.1. The second-order valence-electron chi connectivity index (χ2n) is 5.66. The molecule has 1 saturated heterocycles. The third kappa shape index (κ3) is 3.85. The molecule has 0 bridgehead atoms. The van der Waals surface area contributed by atoms with Crippen LogP contribution in [0.4, 0.5) is 5.82 Å². The summed E-state index contributed by atoms with van der Waals surface area (Å²) in [5.41, 5.74) is 1.75. The zero-order valence-corrected chi connectivity index (χ0v) is 14.1. The van der Waals surface area contributed by atoms with Gasteiger partial charge in [-0.2, -0.15) is 0 Å². The number of aryl methyl sites for hydroxylation is 1. The highest BCUT2D eigenvalue weighted by Gasteiger charge is 2.15. The molecule has 2 aromatic heterocycles. The van der Waals surface area contributed by atoms with Crippen molar-refractivity contribution >= 4 is 23.3 Å². The Bertz CT molecular complexity index is 649. The zero-order valence-electron chi connectivity index (χ0n) is 13.3.